The smallest absolute Gasteiger partial charge is 0.0831 e. The molecule has 122 valence electrons. The van der Waals surface area contributed by atoms with E-state index in [1.807, 2.05) is 0 Å². The summed E-state index contributed by atoms with van der Waals surface area (Å²) < 4.78 is 11.4. The Balaban J connectivity index is 1.46. The third kappa shape index (κ3) is 4.33. The van der Waals surface area contributed by atoms with Crippen LogP contribution in [0.4, 0.5) is 0 Å². The van der Waals surface area contributed by atoms with E-state index in [1.54, 1.807) is 0 Å². The lowest BCUT2D eigenvalue weighted by Gasteiger charge is -2.34. The monoisotopic (exact) mass is 302 g/mol. The molecule has 1 saturated heterocycles. The predicted octanol–water partition coefficient (Wildman–Crippen LogP) is 4.46. The van der Waals surface area contributed by atoms with Gasteiger partial charge in [-0.05, 0) is 68.9 Å². The summed E-state index contributed by atoms with van der Waals surface area (Å²) >= 11 is 0. The number of aryl methyl sites for hydroxylation is 2. The van der Waals surface area contributed by atoms with E-state index in [9.17, 15) is 0 Å². The van der Waals surface area contributed by atoms with Crippen molar-refractivity contribution in [3.05, 3.63) is 34.9 Å². The van der Waals surface area contributed by atoms with E-state index in [2.05, 4.69) is 39.0 Å². The maximum atomic E-state index is 6.10. The summed E-state index contributed by atoms with van der Waals surface area (Å²) in [5, 5.41) is 0. The van der Waals surface area contributed by atoms with E-state index in [-0.39, 0.29) is 0 Å². The Labute approximate surface area is 135 Å². The second-order valence-electron chi connectivity index (χ2n) is 7.44. The van der Waals surface area contributed by atoms with E-state index in [1.165, 1.54) is 42.4 Å². The fourth-order valence-electron chi connectivity index (χ4n) is 3.88. The Morgan fingerprint density at radius 2 is 2.05 bits per heavy atom. The number of rotatable bonds is 6. The van der Waals surface area contributed by atoms with Crippen molar-refractivity contribution in [3.63, 3.8) is 0 Å². The quantitative estimate of drug-likeness (QED) is 0.724. The van der Waals surface area contributed by atoms with Crippen LogP contribution in [-0.4, -0.2) is 25.4 Å². The van der Waals surface area contributed by atoms with Crippen LogP contribution in [-0.2, 0) is 15.9 Å². The van der Waals surface area contributed by atoms with Crippen LogP contribution in [0, 0.1) is 25.7 Å². The Hall–Kier alpha value is -0.860. The highest BCUT2D eigenvalue weighted by Gasteiger charge is 2.29. The molecule has 1 heterocycles. The topological polar surface area (TPSA) is 21.8 Å². The maximum absolute atomic E-state index is 6.10. The molecule has 1 aromatic carbocycles. The van der Waals surface area contributed by atoms with Crippen LogP contribution < -0.4 is 0 Å². The standard InChI is InChI=1S/C20H30O2/c1-14-4-6-18(15(2)10-14)12-17-5-7-20(16(3)11-17)21-9-8-19-13-22-19/h4,6,10,16-17,19-20H,5,7-9,11-13H2,1-3H3. The first-order valence-electron chi connectivity index (χ1n) is 8.91. The normalized spacial score (nSPS) is 31.2. The van der Waals surface area contributed by atoms with Crippen molar-refractivity contribution in [3.8, 4) is 0 Å². The lowest BCUT2D eigenvalue weighted by atomic mass is 9.77. The van der Waals surface area contributed by atoms with E-state index < -0.39 is 0 Å². The molecule has 3 rings (SSSR count). The molecule has 1 aliphatic heterocycles. The SMILES string of the molecule is Cc1ccc(CC2CCC(OCCC3CO3)C(C)C2)c(C)c1. The van der Waals surface area contributed by atoms with Gasteiger partial charge in [-0.2, -0.15) is 0 Å². The van der Waals surface area contributed by atoms with Crippen LogP contribution >= 0.6 is 0 Å². The minimum Gasteiger partial charge on any atom is -0.378 e. The summed E-state index contributed by atoms with van der Waals surface area (Å²) in [6, 6.07) is 6.89. The van der Waals surface area contributed by atoms with Gasteiger partial charge in [0.25, 0.3) is 0 Å². The molecule has 2 nitrogen and oxygen atoms in total. The van der Waals surface area contributed by atoms with Gasteiger partial charge >= 0.3 is 0 Å². The summed E-state index contributed by atoms with van der Waals surface area (Å²) in [6.07, 6.45) is 7.11. The highest BCUT2D eigenvalue weighted by Crippen LogP contribution is 2.34. The Morgan fingerprint density at radius 3 is 2.73 bits per heavy atom. The van der Waals surface area contributed by atoms with Gasteiger partial charge in [-0.15, -0.1) is 0 Å². The van der Waals surface area contributed by atoms with Crippen molar-refractivity contribution >= 4 is 0 Å². The average Bonchev–Trinajstić information content (AvgIpc) is 3.28. The third-order valence-electron chi connectivity index (χ3n) is 5.38. The fourth-order valence-corrected chi connectivity index (χ4v) is 3.88. The first-order chi connectivity index (χ1) is 10.6. The van der Waals surface area contributed by atoms with Crippen LogP contribution in [0.5, 0.6) is 0 Å². The third-order valence-corrected chi connectivity index (χ3v) is 5.38. The molecule has 4 unspecified atom stereocenters. The number of hydrogen-bond acceptors (Lipinski definition) is 2. The lowest BCUT2D eigenvalue weighted by Crippen LogP contribution is -2.31. The molecule has 0 aromatic heterocycles. The zero-order valence-electron chi connectivity index (χ0n) is 14.3. The Morgan fingerprint density at radius 1 is 1.23 bits per heavy atom. The highest BCUT2D eigenvalue weighted by atomic mass is 16.6. The average molecular weight is 302 g/mol. The van der Waals surface area contributed by atoms with Crippen LogP contribution in [0.15, 0.2) is 18.2 Å². The largest absolute Gasteiger partial charge is 0.378 e. The van der Waals surface area contributed by atoms with Gasteiger partial charge in [-0.25, -0.2) is 0 Å². The summed E-state index contributed by atoms with van der Waals surface area (Å²) in [4.78, 5) is 0. The van der Waals surface area contributed by atoms with Crippen molar-refractivity contribution in [2.24, 2.45) is 11.8 Å². The van der Waals surface area contributed by atoms with Gasteiger partial charge in [0.2, 0.25) is 0 Å². The van der Waals surface area contributed by atoms with Gasteiger partial charge < -0.3 is 9.47 Å². The van der Waals surface area contributed by atoms with Crippen molar-refractivity contribution in [2.75, 3.05) is 13.2 Å². The van der Waals surface area contributed by atoms with Gasteiger partial charge in [-0.1, -0.05) is 30.7 Å². The van der Waals surface area contributed by atoms with Crippen LogP contribution in [0.2, 0.25) is 0 Å². The van der Waals surface area contributed by atoms with Gasteiger partial charge in [0.1, 0.15) is 0 Å². The van der Waals surface area contributed by atoms with Crippen LogP contribution in [0.25, 0.3) is 0 Å². The molecule has 2 aliphatic rings. The zero-order chi connectivity index (χ0) is 15.5. The van der Waals surface area contributed by atoms with Crippen molar-refractivity contribution in [1.82, 2.24) is 0 Å². The van der Waals surface area contributed by atoms with Gasteiger partial charge in [-0.3, -0.25) is 0 Å². The van der Waals surface area contributed by atoms with E-state index in [0.29, 0.717) is 18.1 Å². The molecule has 0 radical (unpaired) electrons. The summed E-state index contributed by atoms with van der Waals surface area (Å²) in [5.41, 5.74) is 4.36. The second kappa shape index (κ2) is 7.14. The van der Waals surface area contributed by atoms with E-state index >= 15 is 0 Å². The maximum Gasteiger partial charge on any atom is 0.0831 e. The van der Waals surface area contributed by atoms with E-state index in [4.69, 9.17) is 9.47 Å². The summed E-state index contributed by atoms with van der Waals surface area (Å²) in [7, 11) is 0. The summed E-state index contributed by atoms with van der Waals surface area (Å²) in [5.74, 6) is 1.51. The van der Waals surface area contributed by atoms with Crippen LogP contribution in [0.3, 0.4) is 0 Å². The predicted molar refractivity (Wildman–Crippen MR) is 90.2 cm³/mol. The first-order valence-corrected chi connectivity index (χ1v) is 8.91. The number of epoxide rings is 1. The van der Waals surface area contributed by atoms with Crippen molar-refractivity contribution in [2.45, 2.75) is 65.1 Å². The minimum absolute atomic E-state index is 0.467. The molecule has 1 saturated carbocycles. The highest BCUT2D eigenvalue weighted by molar-refractivity contribution is 5.30. The molecule has 2 heteroatoms. The Bertz CT molecular complexity index is 492. The van der Waals surface area contributed by atoms with Crippen molar-refractivity contribution < 1.29 is 9.47 Å². The Kier molecular flexibility index (Phi) is 5.20. The number of hydrogen-bond donors (Lipinski definition) is 0. The molecule has 2 fully saturated rings. The molecule has 22 heavy (non-hydrogen) atoms. The first kappa shape index (κ1) is 16.0. The summed E-state index contributed by atoms with van der Waals surface area (Å²) in [6.45, 7) is 8.62. The molecule has 1 aliphatic carbocycles. The molecule has 0 bridgehead atoms. The molecular weight excluding hydrogens is 272 g/mol. The van der Waals surface area contributed by atoms with Gasteiger partial charge in [0.05, 0.1) is 18.8 Å². The molecule has 0 N–H and O–H groups in total. The zero-order valence-corrected chi connectivity index (χ0v) is 14.3. The minimum atomic E-state index is 0.467. The molecule has 0 spiro atoms. The molecule has 0 amide bonds. The van der Waals surface area contributed by atoms with Crippen molar-refractivity contribution in [1.29, 1.82) is 0 Å². The number of benzene rings is 1. The fraction of sp³-hybridized carbons (Fsp3) is 0.700. The number of ether oxygens (including phenoxy) is 2. The lowest BCUT2D eigenvalue weighted by molar-refractivity contribution is -0.0194. The van der Waals surface area contributed by atoms with E-state index in [0.717, 1.165) is 25.6 Å². The molecule has 4 atom stereocenters. The second-order valence-corrected chi connectivity index (χ2v) is 7.44. The van der Waals surface area contributed by atoms with Crippen LogP contribution in [0.1, 0.15) is 49.3 Å². The molecular formula is C20H30O2. The molecule has 1 aromatic rings. The van der Waals surface area contributed by atoms with Gasteiger partial charge in [0.15, 0.2) is 0 Å². The van der Waals surface area contributed by atoms with Gasteiger partial charge in [0, 0.05) is 6.61 Å².